The van der Waals surface area contributed by atoms with E-state index in [0.29, 0.717) is 5.69 Å². The Bertz CT molecular complexity index is 506. The van der Waals surface area contributed by atoms with Gasteiger partial charge in [-0.15, -0.1) is 0 Å². The number of nitrogens with one attached hydrogen (secondary N) is 2. The Morgan fingerprint density at radius 2 is 1.95 bits per heavy atom. The second-order valence-electron chi connectivity index (χ2n) is 3.60. The van der Waals surface area contributed by atoms with E-state index in [-0.39, 0.29) is 0 Å². The Labute approximate surface area is 116 Å². The van der Waals surface area contributed by atoms with Crippen molar-refractivity contribution in [2.75, 3.05) is 5.32 Å². The second-order valence-corrected chi connectivity index (χ2v) is 4.51. The van der Waals surface area contributed by atoms with E-state index in [1.165, 1.54) is 0 Å². The summed E-state index contributed by atoms with van der Waals surface area (Å²) >= 11 is 3.22. The fourth-order valence-electron chi connectivity index (χ4n) is 1.27. The minimum Gasteiger partial charge on any atom is -0.481 e. The molecule has 2 amide bonds. The van der Waals surface area contributed by atoms with E-state index in [4.69, 9.17) is 10.2 Å². The molecule has 1 aromatic carbocycles. The Hall–Kier alpha value is -2.09. The third kappa shape index (κ3) is 5.38. The van der Waals surface area contributed by atoms with E-state index >= 15 is 0 Å². The molecule has 8 heteroatoms. The highest BCUT2D eigenvalue weighted by Crippen LogP contribution is 2.15. The van der Waals surface area contributed by atoms with Crippen LogP contribution in [0.3, 0.4) is 0 Å². The zero-order chi connectivity index (χ0) is 14.4. The number of anilines is 1. The first-order valence-electron chi connectivity index (χ1n) is 5.16. The third-order valence-electron chi connectivity index (χ3n) is 2.06. The third-order valence-corrected chi connectivity index (χ3v) is 2.56. The van der Waals surface area contributed by atoms with Crippen LogP contribution in [0.1, 0.15) is 6.42 Å². The highest BCUT2D eigenvalue weighted by atomic mass is 79.9. The number of hydrogen-bond acceptors (Lipinski definition) is 3. The maximum Gasteiger partial charge on any atom is 0.326 e. The summed E-state index contributed by atoms with van der Waals surface area (Å²) in [7, 11) is 0. The highest BCUT2D eigenvalue weighted by Gasteiger charge is 2.22. The lowest BCUT2D eigenvalue weighted by Crippen LogP contribution is -2.44. The molecule has 0 fully saturated rings. The van der Waals surface area contributed by atoms with Crippen molar-refractivity contribution in [3.8, 4) is 0 Å². The van der Waals surface area contributed by atoms with Gasteiger partial charge in [0.2, 0.25) is 0 Å². The van der Waals surface area contributed by atoms with Crippen molar-refractivity contribution in [3.63, 3.8) is 0 Å². The molecule has 1 aromatic rings. The van der Waals surface area contributed by atoms with Crippen LogP contribution < -0.4 is 10.6 Å². The number of rotatable bonds is 5. The molecule has 1 unspecified atom stereocenters. The summed E-state index contributed by atoms with van der Waals surface area (Å²) in [6, 6.07) is 4.40. The molecule has 0 saturated carbocycles. The average molecular weight is 331 g/mol. The van der Waals surface area contributed by atoms with Crippen LogP contribution in [0.25, 0.3) is 0 Å². The number of amides is 2. The molecule has 4 N–H and O–H groups in total. The SMILES string of the molecule is O=C(O)CC(NC(=O)Nc1cccc(Br)c1)C(=O)O. The largest absolute Gasteiger partial charge is 0.481 e. The van der Waals surface area contributed by atoms with Crippen LogP contribution in [0.15, 0.2) is 28.7 Å². The van der Waals surface area contributed by atoms with Gasteiger partial charge in [-0.25, -0.2) is 9.59 Å². The van der Waals surface area contributed by atoms with Gasteiger partial charge < -0.3 is 20.8 Å². The highest BCUT2D eigenvalue weighted by molar-refractivity contribution is 9.10. The van der Waals surface area contributed by atoms with E-state index in [0.717, 1.165) is 4.47 Å². The molecule has 0 bridgehead atoms. The summed E-state index contributed by atoms with van der Waals surface area (Å²) in [4.78, 5) is 32.7. The topological polar surface area (TPSA) is 116 Å². The molecule has 0 aliphatic carbocycles. The molecule has 7 nitrogen and oxygen atoms in total. The molecular formula is C11H11BrN2O5. The molecule has 0 aromatic heterocycles. The van der Waals surface area contributed by atoms with Crippen LogP contribution >= 0.6 is 15.9 Å². The summed E-state index contributed by atoms with van der Waals surface area (Å²) in [6.07, 6.45) is -0.693. The lowest BCUT2D eigenvalue weighted by atomic mass is 10.2. The molecule has 0 aliphatic heterocycles. The van der Waals surface area contributed by atoms with E-state index in [1.54, 1.807) is 24.3 Å². The molecule has 1 atom stereocenters. The molecule has 0 radical (unpaired) electrons. The summed E-state index contributed by atoms with van der Waals surface area (Å²) in [5.41, 5.74) is 0.450. The average Bonchev–Trinajstić information content (AvgIpc) is 2.27. The Balaban J connectivity index is 2.62. The van der Waals surface area contributed by atoms with Crippen molar-refractivity contribution in [3.05, 3.63) is 28.7 Å². The predicted molar refractivity (Wildman–Crippen MR) is 70.0 cm³/mol. The van der Waals surface area contributed by atoms with Gasteiger partial charge in [-0.1, -0.05) is 22.0 Å². The van der Waals surface area contributed by atoms with Gasteiger partial charge in [0.1, 0.15) is 6.04 Å². The normalized spacial score (nSPS) is 11.4. The Morgan fingerprint density at radius 1 is 1.26 bits per heavy atom. The van der Waals surface area contributed by atoms with Crippen molar-refractivity contribution in [1.82, 2.24) is 5.32 Å². The maximum absolute atomic E-state index is 11.5. The molecule has 0 spiro atoms. The second kappa shape index (κ2) is 6.74. The molecule has 0 saturated heterocycles. The predicted octanol–water partition coefficient (Wildman–Crippen LogP) is 1.50. The quantitative estimate of drug-likeness (QED) is 0.652. The molecular weight excluding hydrogens is 320 g/mol. The first kappa shape index (κ1) is 15.0. The number of carboxylic acids is 2. The smallest absolute Gasteiger partial charge is 0.326 e. The number of carboxylic acid groups (broad SMARTS) is 2. The fourth-order valence-corrected chi connectivity index (χ4v) is 1.67. The summed E-state index contributed by atoms with van der Waals surface area (Å²) in [5.74, 6) is -2.72. The van der Waals surface area contributed by atoms with Crippen LogP contribution in [0.5, 0.6) is 0 Å². The first-order chi connectivity index (χ1) is 8.88. The maximum atomic E-state index is 11.5. The van der Waals surface area contributed by atoms with Crippen LogP contribution in [-0.2, 0) is 9.59 Å². The van der Waals surface area contributed by atoms with Crippen molar-refractivity contribution in [2.24, 2.45) is 0 Å². The lowest BCUT2D eigenvalue weighted by molar-refractivity contribution is -0.145. The van der Waals surface area contributed by atoms with Crippen LogP contribution in [0.2, 0.25) is 0 Å². The lowest BCUT2D eigenvalue weighted by Gasteiger charge is -2.13. The summed E-state index contributed by atoms with van der Waals surface area (Å²) < 4.78 is 0.741. The van der Waals surface area contributed by atoms with Gasteiger partial charge in [0.15, 0.2) is 0 Å². The monoisotopic (exact) mass is 330 g/mol. The van der Waals surface area contributed by atoms with E-state index < -0.39 is 30.4 Å². The zero-order valence-corrected chi connectivity index (χ0v) is 11.2. The van der Waals surface area contributed by atoms with Gasteiger partial charge in [-0.05, 0) is 18.2 Å². The number of urea groups is 1. The van der Waals surface area contributed by atoms with Gasteiger partial charge in [-0.2, -0.15) is 0 Å². The van der Waals surface area contributed by atoms with Gasteiger partial charge >= 0.3 is 18.0 Å². The van der Waals surface area contributed by atoms with Crippen molar-refractivity contribution in [1.29, 1.82) is 0 Å². The number of benzene rings is 1. The fraction of sp³-hybridized carbons (Fsp3) is 0.182. The number of halogens is 1. The molecule has 102 valence electrons. The van der Waals surface area contributed by atoms with E-state index in [9.17, 15) is 14.4 Å². The molecule has 0 aliphatic rings. The number of carbonyl (C=O) groups is 3. The Morgan fingerprint density at radius 3 is 2.47 bits per heavy atom. The Kier molecular flexibility index (Phi) is 5.31. The van der Waals surface area contributed by atoms with Crippen LogP contribution in [-0.4, -0.2) is 34.2 Å². The van der Waals surface area contributed by atoms with Crippen LogP contribution in [0, 0.1) is 0 Å². The molecule has 0 heterocycles. The first-order valence-corrected chi connectivity index (χ1v) is 5.95. The molecule has 19 heavy (non-hydrogen) atoms. The molecule has 1 rings (SSSR count). The van der Waals surface area contributed by atoms with E-state index in [1.807, 2.05) is 0 Å². The standard InChI is InChI=1S/C11H11BrN2O5/c12-6-2-1-3-7(4-6)13-11(19)14-8(10(17)18)5-9(15)16/h1-4,8H,5H2,(H,15,16)(H,17,18)(H2,13,14,19). The minimum atomic E-state index is -1.48. The van der Waals surface area contributed by atoms with Gasteiger partial charge in [0.25, 0.3) is 0 Å². The summed E-state index contributed by atoms with van der Waals surface area (Å²) in [6.45, 7) is 0. The van der Waals surface area contributed by atoms with Crippen molar-refractivity contribution in [2.45, 2.75) is 12.5 Å². The zero-order valence-electron chi connectivity index (χ0n) is 9.59. The van der Waals surface area contributed by atoms with Gasteiger partial charge in [0, 0.05) is 10.2 Å². The van der Waals surface area contributed by atoms with Crippen molar-refractivity contribution >= 4 is 39.6 Å². The number of carbonyl (C=O) groups excluding carboxylic acids is 1. The number of hydrogen-bond donors (Lipinski definition) is 4. The van der Waals surface area contributed by atoms with Gasteiger partial charge in [0.05, 0.1) is 6.42 Å². The number of aliphatic carboxylic acids is 2. The van der Waals surface area contributed by atoms with Gasteiger partial charge in [-0.3, -0.25) is 4.79 Å². The van der Waals surface area contributed by atoms with Crippen LogP contribution in [0.4, 0.5) is 10.5 Å². The summed E-state index contributed by atoms with van der Waals surface area (Å²) in [5, 5.41) is 21.8. The van der Waals surface area contributed by atoms with E-state index in [2.05, 4.69) is 26.6 Å². The minimum absolute atomic E-state index is 0.450. The van der Waals surface area contributed by atoms with Crippen molar-refractivity contribution < 1.29 is 24.6 Å².